The Morgan fingerprint density at radius 1 is 1.04 bits per heavy atom. The van der Waals surface area contributed by atoms with E-state index in [0.717, 1.165) is 0 Å². The molecule has 2 aromatic rings. The van der Waals surface area contributed by atoms with Crippen LogP contribution >= 0.6 is 0 Å². The molecule has 124 valence electrons. The minimum absolute atomic E-state index is 0.0305. The first-order valence-electron chi connectivity index (χ1n) is 7.18. The van der Waals surface area contributed by atoms with Gasteiger partial charge in [-0.2, -0.15) is 0 Å². The second kappa shape index (κ2) is 7.41. The first kappa shape index (κ1) is 17.2. The van der Waals surface area contributed by atoms with E-state index in [-0.39, 0.29) is 17.8 Å². The minimum atomic E-state index is -1.08. The lowest BCUT2D eigenvalue weighted by atomic mass is 9.98. The molecule has 2 aromatic carbocycles. The lowest BCUT2D eigenvalue weighted by molar-refractivity contribution is -0.139. The van der Waals surface area contributed by atoms with Gasteiger partial charge in [0.05, 0.1) is 5.56 Å². The number of rotatable bonds is 7. The highest BCUT2D eigenvalue weighted by molar-refractivity contribution is 6.00. The Morgan fingerprint density at radius 2 is 1.75 bits per heavy atom. The Bertz CT molecular complexity index is 794. The summed E-state index contributed by atoms with van der Waals surface area (Å²) in [5.74, 6) is -2.00. The smallest absolute Gasteiger partial charge is 0.341 e. The summed E-state index contributed by atoms with van der Waals surface area (Å²) in [5, 5.41) is 17.8. The van der Waals surface area contributed by atoms with E-state index in [1.165, 1.54) is 18.2 Å². The summed E-state index contributed by atoms with van der Waals surface area (Å²) in [6.45, 7) is 1.25. The summed E-state index contributed by atoms with van der Waals surface area (Å²) in [6, 6.07) is 11.0. The van der Waals surface area contributed by atoms with Gasteiger partial charge in [0.15, 0.2) is 12.4 Å². The van der Waals surface area contributed by atoms with Gasteiger partial charge in [0.2, 0.25) is 0 Å². The number of benzene rings is 2. The third-order valence-electron chi connectivity index (χ3n) is 3.45. The molecule has 0 spiro atoms. The highest BCUT2D eigenvalue weighted by Gasteiger charge is 2.15. The molecule has 0 aliphatic heterocycles. The number of carboxylic acids is 2. The zero-order valence-corrected chi connectivity index (χ0v) is 13.0. The van der Waals surface area contributed by atoms with Crippen LogP contribution in [0.1, 0.15) is 31.8 Å². The SMILES string of the molecule is Cc1cc(C(=O)Cc2ccccc2C(=O)O)ccc1OCC(=O)O. The second-order valence-corrected chi connectivity index (χ2v) is 5.22. The van der Waals surface area contributed by atoms with Crippen LogP contribution in [0.4, 0.5) is 0 Å². The van der Waals surface area contributed by atoms with Crippen molar-refractivity contribution in [1.29, 1.82) is 0 Å². The number of carbonyl (C=O) groups is 3. The van der Waals surface area contributed by atoms with Crippen LogP contribution in [-0.2, 0) is 11.2 Å². The van der Waals surface area contributed by atoms with Crippen molar-refractivity contribution >= 4 is 17.7 Å². The molecule has 0 bridgehead atoms. The van der Waals surface area contributed by atoms with Crippen molar-refractivity contribution in [3.63, 3.8) is 0 Å². The quantitative estimate of drug-likeness (QED) is 0.758. The first-order chi connectivity index (χ1) is 11.4. The molecule has 6 nitrogen and oxygen atoms in total. The first-order valence-corrected chi connectivity index (χ1v) is 7.18. The van der Waals surface area contributed by atoms with Crippen LogP contribution in [0, 0.1) is 6.92 Å². The summed E-state index contributed by atoms with van der Waals surface area (Å²) in [5.41, 5.74) is 1.59. The average molecular weight is 328 g/mol. The van der Waals surface area contributed by atoms with E-state index in [2.05, 4.69) is 0 Å². The third-order valence-corrected chi connectivity index (χ3v) is 3.45. The summed E-state index contributed by atoms with van der Waals surface area (Å²) >= 11 is 0. The molecule has 0 aliphatic rings. The van der Waals surface area contributed by atoms with Gasteiger partial charge >= 0.3 is 11.9 Å². The minimum Gasteiger partial charge on any atom is -0.482 e. The van der Waals surface area contributed by atoms with Crippen molar-refractivity contribution in [3.8, 4) is 5.75 Å². The lowest BCUT2D eigenvalue weighted by Gasteiger charge is -2.09. The standard InChI is InChI=1S/C18H16O6/c1-11-8-13(6-7-16(11)24-10-17(20)21)15(19)9-12-4-2-3-5-14(12)18(22)23/h2-8H,9-10H2,1H3,(H,20,21)(H,22,23). The molecule has 0 aliphatic carbocycles. The number of Topliss-reactive ketones (excluding diaryl/α,β-unsaturated/α-hetero) is 1. The van der Waals surface area contributed by atoms with Crippen LogP contribution in [0.5, 0.6) is 5.75 Å². The summed E-state index contributed by atoms with van der Waals surface area (Å²) < 4.78 is 5.11. The number of carbonyl (C=O) groups excluding carboxylic acids is 1. The number of ether oxygens (including phenoxy) is 1. The van der Waals surface area contributed by atoms with Crippen LogP contribution < -0.4 is 4.74 Å². The van der Waals surface area contributed by atoms with E-state index in [4.69, 9.17) is 14.9 Å². The highest BCUT2D eigenvalue weighted by atomic mass is 16.5. The fraction of sp³-hybridized carbons (Fsp3) is 0.167. The Hall–Kier alpha value is -3.15. The molecule has 0 atom stereocenters. The van der Waals surface area contributed by atoms with Gasteiger partial charge in [-0.05, 0) is 42.3 Å². The van der Waals surface area contributed by atoms with Gasteiger partial charge in [-0.25, -0.2) is 9.59 Å². The molecule has 0 fully saturated rings. The van der Waals surface area contributed by atoms with Crippen molar-refractivity contribution in [2.45, 2.75) is 13.3 Å². The molecule has 0 radical (unpaired) electrons. The van der Waals surface area contributed by atoms with Crippen LogP contribution in [-0.4, -0.2) is 34.5 Å². The summed E-state index contributed by atoms with van der Waals surface area (Å²) in [6.07, 6.45) is -0.0305. The number of aryl methyl sites for hydroxylation is 1. The number of aliphatic carboxylic acids is 1. The van der Waals surface area contributed by atoms with Crippen molar-refractivity contribution in [3.05, 3.63) is 64.7 Å². The number of ketones is 1. The molecule has 0 heterocycles. The van der Waals surface area contributed by atoms with Crippen molar-refractivity contribution < 1.29 is 29.3 Å². The van der Waals surface area contributed by atoms with Crippen LogP contribution in [0.2, 0.25) is 0 Å². The van der Waals surface area contributed by atoms with Gasteiger partial charge in [-0.3, -0.25) is 4.79 Å². The molecule has 0 unspecified atom stereocenters. The third kappa shape index (κ3) is 4.19. The fourth-order valence-electron chi connectivity index (χ4n) is 2.28. The van der Waals surface area contributed by atoms with E-state index in [1.54, 1.807) is 31.2 Å². The van der Waals surface area contributed by atoms with Gasteiger partial charge in [0, 0.05) is 12.0 Å². The van der Waals surface area contributed by atoms with Gasteiger partial charge < -0.3 is 14.9 Å². The van der Waals surface area contributed by atoms with E-state index < -0.39 is 18.5 Å². The average Bonchev–Trinajstić information content (AvgIpc) is 2.53. The van der Waals surface area contributed by atoms with Gasteiger partial charge in [0.25, 0.3) is 0 Å². The molecule has 24 heavy (non-hydrogen) atoms. The number of hydrogen-bond donors (Lipinski definition) is 2. The van der Waals surface area contributed by atoms with Crippen LogP contribution in [0.25, 0.3) is 0 Å². The second-order valence-electron chi connectivity index (χ2n) is 5.22. The van der Waals surface area contributed by atoms with Crippen LogP contribution in [0.3, 0.4) is 0 Å². The maximum atomic E-state index is 12.4. The molecular weight excluding hydrogens is 312 g/mol. The highest BCUT2D eigenvalue weighted by Crippen LogP contribution is 2.21. The van der Waals surface area contributed by atoms with Crippen LogP contribution in [0.15, 0.2) is 42.5 Å². The maximum absolute atomic E-state index is 12.4. The Kier molecular flexibility index (Phi) is 5.31. The zero-order chi connectivity index (χ0) is 17.7. The van der Waals surface area contributed by atoms with Crippen molar-refractivity contribution in [2.75, 3.05) is 6.61 Å². The molecule has 2 rings (SSSR count). The van der Waals surface area contributed by atoms with Crippen molar-refractivity contribution in [1.82, 2.24) is 0 Å². The molecule has 0 aromatic heterocycles. The predicted molar refractivity (Wildman–Crippen MR) is 85.7 cm³/mol. The zero-order valence-electron chi connectivity index (χ0n) is 13.0. The monoisotopic (exact) mass is 328 g/mol. The van der Waals surface area contributed by atoms with Gasteiger partial charge in [-0.1, -0.05) is 18.2 Å². The molecule has 0 saturated carbocycles. The van der Waals surface area contributed by atoms with E-state index in [0.29, 0.717) is 22.4 Å². The Labute approximate surface area is 138 Å². The molecule has 0 amide bonds. The van der Waals surface area contributed by atoms with E-state index in [9.17, 15) is 14.4 Å². The van der Waals surface area contributed by atoms with Crippen molar-refractivity contribution in [2.24, 2.45) is 0 Å². The summed E-state index contributed by atoms with van der Waals surface area (Å²) in [7, 11) is 0. The molecular formula is C18H16O6. The molecule has 0 saturated heterocycles. The normalized spacial score (nSPS) is 10.2. The Morgan fingerprint density at radius 3 is 2.38 bits per heavy atom. The molecule has 6 heteroatoms. The lowest BCUT2D eigenvalue weighted by Crippen LogP contribution is -2.11. The number of aromatic carboxylic acids is 1. The van der Waals surface area contributed by atoms with Gasteiger partial charge in [0.1, 0.15) is 5.75 Å². The van der Waals surface area contributed by atoms with E-state index in [1.807, 2.05) is 0 Å². The maximum Gasteiger partial charge on any atom is 0.341 e. The fourth-order valence-corrected chi connectivity index (χ4v) is 2.28. The van der Waals surface area contributed by atoms with E-state index >= 15 is 0 Å². The summed E-state index contributed by atoms with van der Waals surface area (Å²) in [4.78, 5) is 34.1. The largest absolute Gasteiger partial charge is 0.482 e. The number of hydrogen-bond acceptors (Lipinski definition) is 4. The molecule has 2 N–H and O–H groups in total. The topological polar surface area (TPSA) is 101 Å². The number of carboxylic acid groups (broad SMARTS) is 2. The van der Waals surface area contributed by atoms with Gasteiger partial charge in [-0.15, -0.1) is 0 Å². The predicted octanol–water partition coefficient (Wildman–Crippen LogP) is 2.58. The Balaban J connectivity index is 2.17.